The van der Waals surface area contributed by atoms with Crippen LogP contribution in [0.25, 0.3) is 15.3 Å². The van der Waals surface area contributed by atoms with Gasteiger partial charge in [0.2, 0.25) is 5.13 Å². The predicted octanol–water partition coefficient (Wildman–Crippen LogP) is 4.06. The minimum absolute atomic E-state index is 0.321. The van der Waals surface area contributed by atoms with Gasteiger partial charge in [0.25, 0.3) is 5.91 Å². The van der Waals surface area contributed by atoms with E-state index < -0.39 is 0 Å². The van der Waals surface area contributed by atoms with Crippen LogP contribution in [0.4, 0.5) is 5.82 Å². The molecule has 7 nitrogen and oxygen atoms in total. The van der Waals surface area contributed by atoms with Gasteiger partial charge in [0.1, 0.15) is 5.82 Å². The van der Waals surface area contributed by atoms with Crippen molar-refractivity contribution >= 4 is 33.3 Å². The molecule has 0 bridgehead atoms. The monoisotopic (exact) mass is 394 g/mol. The van der Waals surface area contributed by atoms with Crippen molar-refractivity contribution in [1.82, 2.24) is 14.8 Å². The van der Waals surface area contributed by atoms with Gasteiger partial charge in [-0.05, 0) is 31.2 Å². The average Bonchev–Trinajstić information content (AvgIpc) is 3.29. The molecule has 4 rings (SSSR count). The van der Waals surface area contributed by atoms with E-state index in [9.17, 15) is 4.79 Å². The number of hydrogen-bond acceptors (Lipinski definition) is 6. The number of carbonyl (C=O) groups is 1. The molecule has 2 aromatic carbocycles. The third kappa shape index (κ3) is 3.18. The Labute approximate surface area is 165 Å². The van der Waals surface area contributed by atoms with E-state index in [1.165, 1.54) is 25.6 Å². The Morgan fingerprint density at radius 1 is 1.11 bits per heavy atom. The van der Waals surface area contributed by atoms with Crippen LogP contribution in [0.1, 0.15) is 16.1 Å². The van der Waals surface area contributed by atoms with Gasteiger partial charge in [0, 0.05) is 6.07 Å². The second kappa shape index (κ2) is 7.32. The summed E-state index contributed by atoms with van der Waals surface area (Å²) in [5.74, 6) is 1.08. The summed E-state index contributed by atoms with van der Waals surface area (Å²) in [5, 5.41) is 8.08. The fourth-order valence-corrected chi connectivity index (χ4v) is 3.87. The quantitative estimate of drug-likeness (QED) is 0.552. The van der Waals surface area contributed by atoms with E-state index >= 15 is 0 Å². The number of methoxy groups -OCH3 is 2. The lowest BCUT2D eigenvalue weighted by Gasteiger charge is -2.12. The normalized spacial score (nSPS) is 10.8. The Hall–Kier alpha value is -3.39. The number of amides is 1. The molecule has 2 heterocycles. The maximum Gasteiger partial charge on any atom is 0.260 e. The van der Waals surface area contributed by atoms with E-state index in [4.69, 9.17) is 9.47 Å². The molecular formula is C20H18N4O3S. The number of rotatable bonds is 5. The highest BCUT2D eigenvalue weighted by Crippen LogP contribution is 2.32. The van der Waals surface area contributed by atoms with Gasteiger partial charge in [0.05, 0.1) is 35.7 Å². The molecule has 0 atom stereocenters. The molecule has 0 saturated carbocycles. The molecule has 142 valence electrons. The number of ether oxygens (including phenoxy) is 2. The molecule has 0 aliphatic heterocycles. The average molecular weight is 394 g/mol. The summed E-state index contributed by atoms with van der Waals surface area (Å²) in [6, 6.07) is 14.8. The number of carbonyl (C=O) groups excluding carboxylic acids is 1. The van der Waals surface area contributed by atoms with Crippen molar-refractivity contribution in [3.63, 3.8) is 0 Å². The van der Waals surface area contributed by atoms with Gasteiger partial charge in [0.15, 0.2) is 11.5 Å². The van der Waals surface area contributed by atoms with Crippen LogP contribution in [0.5, 0.6) is 11.5 Å². The molecule has 2 aromatic heterocycles. The topological polar surface area (TPSA) is 78.3 Å². The molecule has 0 saturated heterocycles. The number of fused-ring (bicyclic) bond motifs is 1. The molecule has 4 aromatic rings. The summed E-state index contributed by atoms with van der Waals surface area (Å²) < 4.78 is 13.3. The van der Waals surface area contributed by atoms with Gasteiger partial charge in [-0.2, -0.15) is 9.78 Å². The van der Waals surface area contributed by atoms with Crippen LogP contribution in [-0.4, -0.2) is 34.9 Å². The molecule has 1 N–H and O–H groups in total. The first-order valence-corrected chi connectivity index (χ1v) is 9.37. The number of nitrogens with zero attached hydrogens (tertiary/aromatic N) is 3. The zero-order chi connectivity index (χ0) is 19.7. The van der Waals surface area contributed by atoms with Gasteiger partial charge in [-0.15, -0.1) is 0 Å². The van der Waals surface area contributed by atoms with Crippen molar-refractivity contribution in [1.29, 1.82) is 0 Å². The molecule has 28 heavy (non-hydrogen) atoms. The number of aromatic nitrogens is 3. The van der Waals surface area contributed by atoms with E-state index in [1.54, 1.807) is 28.9 Å². The number of benzene rings is 2. The molecule has 0 fully saturated rings. The lowest BCUT2D eigenvalue weighted by atomic mass is 10.1. The first-order chi connectivity index (χ1) is 13.6. The Kier molecular flexibility index (Phi) is 4.70. The maximum absolute atomic E-state index is 12.9. The molecule has 0 aliphatic carbocycles. The van der Waals surface area contributed by atoms with Gasteiger partial charge in [-0.3, -0.25) is 4.79 Å². The summed E-state index contributed by atoms with van der Waals surface area (Å²) in [4.78, 5) is 17.5. The minimum atomic E-state index is -0.321. The Morgan fingerprint density at radius 3 is 2.68 bits per heavy atom. The highest BCUT2D eigenvalue weighted by atomic mass is 32.1. The van der Waals surface area contributed by atoms with Crippen LogP contribution in [0.15, 0.2) is 48.5 Å². The van der Waals surface area contributed by atoms with Gasteiger partial charge in [-0.25, -0.2) is 4.98 Å². The molecule has 1 amide bonds. The van der Waals surface area contributed by atoms with Crippen molar-refractivity contribution in [3.05, 3.63) is 59.8 Å². The van der Waals surface area contributed by atoms with Crippen molar-refractivity contribution < 1.29 is 14.3 Å². The predicted molar refractivity (Wildman–Crippen MR) is 109 cm³/mol. The maximum atomic E-state index is 12.9. The second-order valence-corrected chi connectivity index (χ2v) is 7.05. The van der Waals surface area contributed by atoms with Gasteiger partial charge in [-0.1, -0.05) is 29.5 Å². The molecule has 0 unspecified atom stereocenters. The molecule has 0 aliphatic rings. The SMILES string of the molecule is COc1cccc(C(=O)Nc2cc(C)nn2-c2nc3ccccc3s2)c1OC. The van der Waals surface area contributed by atoms with Crippen LogP contribution in [0, 0.1) is 6.92 Å². The fraction of sp³-hybridized carbons (Fsp3) is 0.150. The van der Waals surface area contributed by atoms with E-state index in [0.29, 0.717) is 28.0 Å². The Bertz CT molecular complexity index is 1130. The van der Waals surface area contributed by atoms with Crippen molar-refractivity contribution in [2.24, 2.45) is 0 Å². The summed E-state index contributed by atoms with van der Waals surface area (Å²) in [6.45, 7) is 1.87. The molecule has 8 heteroatoms. The smallest absolute Gasteiger partial charge is 0.260 e. The Morgan fingerprint density at radius 2 is 1.93 bits per heavy atom. The molecule has 0 radical (unpaired) electrons. The summed E-state index contributed by atoms with van der Waals surface area (Å²) >= 11 is 1.51. The highest BCUT2D eigenvalue weighted by Gasteiger charge is 2.19. The lowest BCUT2D eigenvalue weighted by Crippen LogP contribution is -2.16. The number of para-hydroxylation sites is 2. The third-order valence-electron chi connectivity index (χ3n) is 4.18. The van der Waals surface area contributed by atoms with Gasteiger partial charge < -0.3 is 14.8 Å². The van der Waals surface area contributed by atoms with Crippen LogP contribution in [-0.2, 0) is 0 Å². The first kappa shape index (κ1) is 18.0. The Balaban J connectivity index is 1.71. The number of nitrogens with one attached hydrogen (secondary N) is 1. The zero-order valence-corrected chi connectivity index (χ0v) is 16.4. The zero-order valence-electron chi connectivity index (χ0n) is 15.6. The minimum Gasteiger partial charge on any atom is -0.493 e. The number of hydrogen-bond donors (Lipinski definition) is 1. The summed E-state index contributed by atoms with van der Waals surface area (Å²) in [7, 11) is 3.04. The van der Waals surface area contributed by atoms with E-state index in [0.717, 1.165) is 15.9 Å². The summed E-state index contributed by atoms with van der Waals surface area (Å²) in [5.41, 5.74) is 2.03. The lowest BCUT2D eigenvalue weighted by molar-refractivity contribution is 0.102. The van der Waals surface area contributed by atoms with Crippen LogP contribution in [0.3, 0.4) is 0 Å². The van der Waals surface area contributed by atoms with Crippen molar-refractivity contribution in [3.8, 4) is 16.6 Å². The number of anilines is 1. The van der Waals surface area contributed by atoms with Crippen LogP contribution < -0.4 is 14.8 Å². The highest BCUT2D eigenvalue weighted by molar-refractivity contribution is 7.20. The van der Waals surface area contributed by atoms with Crippen molar-refractivity contribution in [2.75, 3.05) is 19.5 Å². The molecular weight excluding hydrogens is 376 g/mol. The third-order valence-corrected chi connectivity index (χ3v) is 5.20. The second-order valence-electron chi connectivity index (χ2n) is 6.04. The van der Waals surface area contributed by atoms with E-state index in [2.05, 4.69) is 15.4 Å². The number of thiazole rings is 1. The van der Waals surface area contributed by atoms with E-state index in [-0.39, 0.29) is 5.91 Å². The van der Waals surface area contributed by atoms with Crippen LogP contribution >= 0.6 is 11.3 Å². The van der Waals surface area contributed by atoms with Gasteiger partial charge >= 0.3 is 0 Å². The first-order valence-electron chi connectivity index (χ1n) is 8.55. The van der Waals surface area contributed by atoms with Crippen LogP contribution in [0.2, 0.25) is 0 Å². The standard InChI is InChI=1S/C20H18N4O3S/c1-12-11-17(22-19(25)13-7-6-9-15(26-2)18(13)27-3)24(23-12)20-21-14-8-4-5-10-16(14)28-20/h4-11H,1-3H3,(H,22,25). The summed E-state index contributed by atoms with van der Waals surface area (Å²) in [6.07, 6.45) is 0. The van der Waals surface area contributed by atoms with E-state index in [1.807, 2.05) is 31.2 Å². The van der Waals surface area contributed by atoms with Crippen molar-refractivity contribution in [2.45, 2.75) is 6.92 Å². The fourth-order valence-electron chi connectivity index (χ4n) is 2.93. The largest absolute Gasteiger partial charge is 0.493 e. The molecule has 0 spiro atoms. The number of aryl methyl sites for hydroxylation is 1.